The molecule has 3 aromatic rings. The summed E-state index contributed by atoms with van der Waals surface area (Å²) in [4.78, 5) is 12.7. The third-order valence-corrected chi connectivity index (χ3v) is 6.34. The van der Waals surface area contributed by atoms with Gasteiger partial charge in [0.05, 0.1) is 0 Å². The Balaban J connectivity index is 1.73. The van der Waals surface area contributed by atoms with Gasteiger partial charge in [0.25, 0.3) is 10.0 Å². The maximum absolute atomic E-state index is 12.9. The van der Waals surface area contributed by atoms with Gasteiger partial charge in [-0.1, -0.05) is 30.3 Å². The molecule has 0 saturated carbocycles. The van der Waals surface area contributed by atoms with Crippen LogP contribution in [0.25, 0.3) is 6.08 Å². The standard InChI is InChI=1S/C19H14FNO3S2/c20-15-6-8-16(9-7-15)21-26(23,24)19-13-11-17(25-19)10-12-18(22)14-4-2-1-3-5-14/h1-13,21H. The second kappa shape index (κ2) is 7.63. The number of anilines is 1. The molecule has 2 aromatic carbocycles. The van der Waals surface area contributed by atoms with Crippen LogP contribution in [0.3, 0.4) is 0 Å². The fraction of sp³-hybridized carbons (Fsp3) is 0. The van der Waals surface area contributed by atoms with Gasteiger partial charge in [-0.3, -0.25) is 9.52 Å². The van der Waals surface area contributed by atoms with Gasteiger partial charge in [-0.15, -0.1) is 11.3 Å². The highest BCUT2D eigenvalue weighted by atomic mass is 32.2. The summed E-state index contributed by atoms with van der Waals surface area (Å²) in [5.41, 5.74) is 0.835. The van der Waals surface area contributed by atoms with Crippen LogP contribution < -0.4 is 4.72 Å². The number of halogens is 1. The summed E-state index contributed by atoms with van der Waals surface area (Å²) in [6.45, 7) is 0. The van der Waals surface area contributed by atoms with Gasteiger partial charge < -0.3 is 0 Å². The first kappa shape index (κ1) is 18.0. The summed E-state index contributed by atoms with van der Waals surface area (Å²) in [7, 11) is -3.77. The first-order valence-electron chi connectivity index (χ1n) is 7.60. The molecule has 0 atom stereocenters. The van der Waals surface area contributed by atoms with Crippen molar-refractivity contribution >= 4 is 38.9 Å². The van der Waals surface area contributed by atoms with Crippen LogP contribution in [0.1, 0.15) is 15.2 Å². The SMILES string of the molecule is O=C(C=Cc1ccc(S(=O)(=O)Nc2ccc(F)cc2)s1)c1ccccc1. The molecular weight excluding hydrogens is 373 g/mol. The highest BCUT2D eigenvalue weighted by Gasteiger charge is 2.16. The smallest absolute Gasteiger partial charge is 0.271 e. The number of hydrogen-bond acceptors (Lipinski definition) is 4. The average Bonchev–Trinajstić information content (AvgIpc) is 3.12. The predicted octanol–water partition coefficient (Wildman–Crippen LogP) is 4.58. The number of ketones is 1. The fourth-order valence-corrected chi connectivity index (χ4v) is 4.44. The maximum Gasteiger partial charge on any atom is 0.271 e. The molecule has 1 N–H and O–H groups in total. The van der Waals surface area contributed by atoms with E-state index in [0.29, 0.717) is 10.4 Å². The molecule has 1 heterocycles. The van der Waals surface area contributed by atoms with E-state index in [1.165, 1.54) is 36.4 Å². The Morgan fingerprint density at radius 2 is 1.65 bits per heavy atom. The van der Waals surface area contributed by atoms with Crippen LogP contribution in [-0.4, -0.2) is 14.2 Å². The van der Waals surface area contributed by atoms with Gasteiger partial charge >= 0.3 is 0 Å². The van der Waals surface area contributed by atoms with Gasteiger partial charge in [-0.2, -0.15) is 0 Å². The summed E-state index contributed by atoms with van der Waals surface area (Å²) in [6.07, 6.45) is 2.99. The zero-order valence-electron chi connectivity index (χ0n) is 13.4. The molecule has 0 spiro atoms. The van der Waals surface area contributed by atoms with E-state index in [2.05, 4.69) is 4.72 Å². The molecule has 0 bridgehead atoms. The van der Waals surface area contributed by atoms with Gasteiger partial charge in [0, 0.05) is 16.1 Å². The molecule has 0 fully saturated rings. The van der Waals surface area contributed by atoms with Crippen molar-refractivity contribution in [1.29, 1.82) is 0 Å². The minimum atomic E-state index is -3.77. The molecule has 0 aliphatic heterocycles. The van der Waals surface area contributed by atoms with E-state index >= 15 is 0 Å². The third kappa shape index (κ3) is 4.44. The lowest BCUT2D eigenvalue weighted by Crippen LogP contribution is -2.11. The van der Waals surface area contributed by atoms with Gasteiger partial charge in [-0.25, -0.2) is 12.8 Å². The van der Waals surface area contributed by atoms with E-state index < -0.39 is 15.8 Å². The number of rotatable bonds is 6. The van der Waals surface area contributed by atoms with E-state index in [4.69, 9.17) is 0 Å². The van der Waals surface area contributed by atoms with Crippen molar-refractivity contribution in [3.63, 3.8) is 0 Å². The molecular formula is C19H14FNO3S2. The van der Waals surface area contributed by atoms with Crippen LogP contribution >= 0.6 is 11.3 Å². The minimum absolute atomic E-state index is 0.105. The molecule has 0 aliphatic carbocycles. The molecule has 0 amide bonds. The second-order valence-corrected chi connectivity index (χ2v) is 8.36. The lowest BCUT2D eigenvalue weighted by Gasteiger charge is -2.05. The van der Waals surface area contributed by atoms with E-state index in [9.17, 15) is 17.6 Å². The lowest BCUT2D eigenvalue weighted by atomic mass is 10.1. The second-order valence-electron chi connectivity index (χ2n) is 5.33. The van der Waals surface area contributed by atoms with E-state index in [0.717, 1.165) is 11.3 Å². The van der Waals surface area contributed by atoms with Crippen LogP contribution in [0, 0.1) is 5.82 Å². The first-order valence-corrected chi connectivity index (χ1v) is 9.90. The fourth-order valence-electron chi connectivity index (χ4n) is 2.15. The van der Waals surface area contributed by atoms with Crippen molar-refractivity contribution in [1.82, 2.24) is 0 Å². The predicted molar refractivity (Wildman–Crippen MR) is 101 cm³/mol. The monoisotopic (exact) mass is 387 g/mol. The largest absolute Gasteiger partial charge is 0.289 e. The summed E-state index contributed by atoms with van der Waals surface area (Å²) in [5.74, 6) is -0.604. The summed E-state index contributed by atoms with van der Waals surface area (Å²) >= 11 is 1.04. The number of allylic oxidation sites excluding steroid dienone is 1. The third-order valence-electron chi connectivity index (χ3n) is 3.42. The Bertz CT molecular complexity index is 1040. The Labute approximate surface area is 154 Å². The van der Waals surface area contributed by atoms with Gasteiger partial charge in [-0.05, 0) is 48.6 Å². The lowest BCUT2D eigenvalue weighted by molar-refractivity contribution is 0.104. The number of carbonyl (C=O) groups is 1. The summed E-state index contributed by atoms with van der Waals surface area (Å²) in [5, 5.41) is 0. The number of benzene rings is 2. The molecule has 1 aromatic heterocycles. The van der Waals surface area contributed by atoms with Crippen LogP contribution in [0.15, 0.2) is 77.0 Å². The van der Waals surface area contributed by atoms with Crippen molar-refractivity contribution in [2.24, 2.45) is 0 Å². The van der Waals surface area contributed by atoms with Crippen LogP contribution in [-0.2, 0) is 10.0 Å². The number of nitrogens with one attached hydrogen (secondary N) is 1. The normalized spacial score (nSPS) is 11.6. The highest BCUT2D eigenvalue weighted by Crippen LogP contribution is 2.25. The maximum atomic E-state index is 12.9. The molecule has 0 unspecified atom stereocenters. The summed E-state index contributed by atoms with van der Waals surface area (Å²) in [6, 6.07) is 16.9. The first-order chi connectivity index (χ1) is 12.4. The van der Waals surface area contributed by atoms with Crippen molar-refractivity contribution in [2.75, 3.05) is 4.72 Å². The Morgan fingerprint density at radius 3 is 2.35 bits per heavy atom. The van der Waals surface area contributed by atoms with E-state index in [1.807, 2.05) is 6.07 Å². The van der Waals surface area contributed by atoms with Crippen molar-refractivity contribution < 1.29 is 17.6 Å². The van der Waals surface area contributed by atoms with Crippen LogP contribution in [0.4, 0.5) is 10.1 Å². The minimum Gasteiger partial charge on any atom is -0.289 e. The van der Waals surface area contributed by atoms with Crippen molar-refractivity contribution in [3.8, 4) is 0 Å². The Morgan fingerprint density at radius 1 is 0.962 bits per heavy atom. The number of carbonyl (C=O) groups excluding carboxylic acids is 1. The van der Waals surface area contributed by atoms with E-state index in [1.54, 1.807) is 36.4 Å². The molecule has 0 aliphatic rings. The van der Waals surface area contributed by atoms with Gasteiger partial charge in [0.2, 0.25) is 0 Å². The molecule has 3 rings (SSSR count). The molecule has 132 valence electrons. The molecule has 26 heavy (non-hydrogen) atoms. The quantitative estimate of drug-likeness (QED) is 0.497. The van der Waals surface area contributed by atoms with Crippen molar-refractivity contribution in [2.45, 2.75) is 4.21 Å². The molecule has 4 nitrogen and oxygen atoms in total. The molecule has 0 saturated heterocycles. The zero-order chi connectivity index (χ0) is 18.6. The van der Waals surface area contributed by atoms with Gasteiger partial charge in [0.15, 0.2) is 5.78 Å². The Hall–Kier alpha value is -2.77. The highest BCUT2D eigenvalue weighted by molar-refractivity contribution is 7.94. The number of thiophene rings is 1. The van der Waals surface area contributed by atoms with Crippen molar-refractivity contribution in [3.05, 3.63) is 89.1 Å². The number of sulfonamides is 1. The average molecular weight is 387 g/mol. The van der Waals surface area contributed by atoms with E-state index in [-0.39, 0.29) is 15.7 Å². The Kier molecular flexibility index (Phi) is 5.29. The summed E-state index contributed by atoms with van der Waals surface area (Å²) < 4.78 is 40.2. The molecule has 7 heteroatoms. The van der Waals surface area contributed by atoms with Crippen LogP contribution in [0.5, 0.6) is 0 Å². The topological polar surface area (TPSA) is 63.2 Å². The van der Waals surface area contributed by atoms with Crippen LogP contribution in [0.2, 0.25) is 0 Å². The zero-order valence-corrected chi connectivity index (χ0v) is 15.1. The molecule has 0 radical (unpaired) electrons. The number of hydrogen-bond donors (Lipinski definition) is 1. The van der Waals surface area contributed by atoms with Gasteiger partial charge in [0.1, 0.15) is 10.0 Å².